The van der Waals surface area contributed by atoms with Gasteiger partial charge in [0.05, 0.1) is 30.4 Å². The van der Waals surface area contributed by atoms with E-state index in [1.165, 1.54) is 23.9 Å². The van der Waals surface area contributed by atoms with Crippen LogP contribution in [0.2, 0.25) is 0 Å². The van der Waals surface area contributed by atoms with Gasteiger partial charge in [-0.1, -0.05) is 11.8 Å². The van der Waals surface area contributed by atoms with Crippen molar-refractivity contribution >= 4 is 40.7 Å². The van der Waals surface area contributed by atoms with E-state index >= 15 is 0 Å². The summed E-state index contributed by atoms with van der Waals surface area (Å²) < 4.78 is 47.8. The summed E-state index contributed by atoms with van der Waals surface area (Å²) in [4.78, 5) is 34.4. The second-order valence-electron chi connectivity index (χ2n) is 11.3. The molecule has 3 amide bonds. The van der Waals surface area contributed by atoms with Gasteiger partial charge in [0.2, 0.25) is 0 Å². The van der Waals surface area contributed by atoms with E-state index in [0.29, 0.717) is 79.8 Å². The molecule has 238 valence electrons. The summed E-state index contributed by atoms with van der Waals surface area (Å²) in [6, 6.07) is 6.66. The molecule has 8 heterocycles. The number of hydrogen-bond donors (Lipinski definition) is 3. The largest absolute Gasteiger partial charge is 0.495 e. The molecule has 14 heteroatoms. The molecule has 45 heavy (non-hydrogen) atoms. The van der Waals surface area contributed by atoms with Gasteiger partial charge in [-0.2, -0.15) is 13.2 Å². The van der Waals surface area contributed by atoms with Crippen molar-refractivity contribution in [1.29, 1.82) is 0 Å². The lowest BCUT2D eigenvalue weighted by molar-refractivity contribution is -0.0330. The standard InChI is InChI=1S/C31H34F3N7O3S/c1-44-26-18-21-4-5-24(26)35-10-2-3-22-17-25-27(36-12-16-41(25)29(22)45-31(32,33)34)38-23-8-14-39(15-9-23)30(43)40-13-7-20(19-40)6-11-37-28(21)42/h4-5,12,16-18,20,23,35H,6-11,13-15,19H2,1H3,(H,36,38)(H,37,42)/t20-/m1/s1. The van der Waals surface area contributed by atoms with Gasteiger partial charge in [0.15, 0.2) is 5.82 Å². The number of methoxy groups -OCH3 is 1. The van der Waals surface area contributed by atoms with E-state index in [2.05, 4.69) is 32.8 Å². The van der Waals surface area contributed by atoms with Crippen LogP contribution in [0.5, 0.6) is 5.75 Å². The van der Waals surface area contributed by atoms with Crippen LogP contribution in [0.25, 0.3) is 5.52 Å². The second kappa shape index (κ2) is 13.0. The Morgan fingerprint density at radius 2 is 1.84 bits per heavy atom. The number of nitrogens with zero attached hydrogens (tertiary/aromatic N) is 4. The van der Waals surface area contributed by atoms with E-state index in [0.717, 1.165) is 12.8 Å². The van der Waals surface area contributed by atoms with Gasteiger partial charge < -0.3 is 34.9 Å². The van der Waals surface area contributed by atoms with Crippen LogP contribution in [-0.4, -0.2) is 89.1 Å². The fraction of sp³-hybridized carbons (Fsp3) is 0.452. The maximum Gasteiger partial charge on any atom is 0.447 e. The number of piperidine rings is 1. The minimum absolute atomic E-state index is 0.00532. The summed E-state index contributed by atoms with van der Waals surface area (Å²) in [5, 5.41) is 9.47. The van der Waals surface area contributed by atoms with Gasteiger partial charge in [-0.3, -0.25) is 4.79 Å². The minimum atomic E-state index is -4.52. The predicted molar refractivity (Wildman–Crippen MR) is 166 cm³/mol. The van der Waals surface area contributed by atoms with Gasteiger partial charge >= 0.3 is 11.5 Å². The molecule has 10 nitrogen and oxygen atoms in total. The van der Waals surface area contributed by atoms with Gasteiger partial charge in [-0.05, 0) is 55.9 Å². The number of benzene rings is 1. The summed E-state index contributed by atoms with van der Waals surface area (Å²) in [5.41, 5.74) is -2.77. The van der Waals surface area contributed by atoms with Crippen LogP contribution in [0.1, 0.15) is 41.6 Å². The summed E-state index contributed by atoms with van der Waals surface area (Å²) >= 11 is -0.217. The Hall–Kier alpha value is -4.25. The predicted octanol–water partition coefficient (Wildman–Crippen LogP) is 4.87. The molecule has 0 spiro atoms. The Morgan fingerprint density at radius 3 is 2.62 bits per heavy atom. The summed E-state index contributed by atoms with van der Waals surface area (Å²) in [7, 11) is 1.49. The summed E-state index contributed by atoms with van der Waals surface area (Å²) in [6.45, 7) is 3.10. The maximum atomic E-state index is 13.6. The van der Waals surface area contributed by atoms with Crippen LogP contribution in [0.3, 0.4) is 0 Å². The van der Waals surface area contributed by atoms with Crippen molar-refractivity contribution in [1.82, 2.24) is 24.5 Å². The highest BCUT2D eigenvalue weighted by atomic mass is 32.2. The van der Waals surface area contributed by atoms with Gasteiger partial charge in [0, 0.05) is 68.5 Å². The number of nitrogens with one attached hydrogen (secondary N) is 3. The summed E-state index contributed by atoms with van der Waals surface area (Å²) in [5.74, 6) is 6.81. The molecule has 3 aromatic rings. The fourth-order valence-corrected chi connectivity index (χ4v) is 6.79. The van der Waals surface area contributed by atoms with Crippen LogP contribution >= 0.6 is 11.8 Å². The highest BCUT2D eigenvalue weighted by molar-refractivity contribution is 8.00. The molecule has 9 rings (SSSR count). The number of amides is 3. The van der Waals surface area contributed by atoms with E-state index in [1.54, 1.807) is 24.3 Å². The maximum absolute atomic E-state index is 13.6. The number of carbonyl (C=O) groups is 2. The van der Waals surface area contributed by atoms with Crippen molar-refractivity contribution in [2.24, 2.45) is 5.92 Å². The number of hydrogen-bond acceptors (Lipinski definition) is 7. The zero-order valence-corrected chi connectivity index (χ0v) is 25.6. The van der Waals surface area contributed by atoms with Crippen LogP contribution in [0.4, 0.5) is 29.5 Å². The Labute approximate surface area is 263 Å². The van der Waals surface area contributed by atoms with Gasteiger partial charge in [-0.25, -0.2) is 9.78 Å². The molecule has 6 aliphatic heterocycles. The lowest BCUT2D eigenvalue weighted by Crippen LogP contribution is -2.48. The van der Waals surface area contributed by atoms with Crippen molar-refractivity contribution in [3.05, 3.63) is 47.8 Å². The number of alkyl halides is 3. The summed E-state index contributed by atoms with van der Waals surface area (Å²) in [6.07, 6.45) is 6.01. The van der Waals surface area contributed by atoms with Crippen molar-refractivity contribution < 1.29 is 27.5 Å². The van der Waals surface area contributed by atoms with E-state index in [-0.39, 0.29) is 46.9 Å². The van der Waals surface area contributed by atoms with E-state index in [1.807, 2.05) is 9.80 Å². The molecule has 1 aromatic carbocycles. The van der Waals surface area contributed by atoms with E-state index < -0.39 is 5.51 Å². The van der Waals surface area contributed by atoms with E-state index in [9.17, 15) is 22.8 Å². The number of aromatic nitrogens is 2. The topological polar surface area (TPSA) is 103 Å². The first-order chi connectivity index (χ1) is 21.7. The number of rotatable bonds is 2. The minimum Gasteiger partial charge on any atom is -0.495 e. The molecule has 0 radical (unpaired) electrons. The zero-order chi connectivity index (χ0) is 31.6. The molecule has 2 aromatic heterocycles. The molecule has 3 N–H and O–H groups in total. The van der Waals surface area contributed by atoms with Crippen LogP contribution in [0.15, 0.2) is 41.7 Å². The number of thioether (sulfide) groups is 1. The number of halogens is 3. The van der Waals surface area contributed by atoms with Crippen molar-refractivity contribution in [2.45, 2.75) is 42.3 Å². The number of ether oxygens (including phenoxy) is 1. The van der Waals surface area contributed by atoms with Gasteiger partial charge in [0.1, 0.15) is 10.8 Å². The lowest BCUT2D eigenvalue weighted by Gasteiger charge is -2.35. The van der Waals surface area contributed by atoms with Crippen LogP contribution in [-0.2, 0) is 0 Å². The number of urea groups is 1. The monoisotopic (exact) mass is 641 g/mol. The van der Waals surface area contributed by atoms with Crippen LogP contribution < -0.4 is 20.7 Å². The number of carbonyl (C=O) groups excluding carboxylic acids is 2. The third kappa shape index (κ3) is 7.03. The average Bonchev–Trinajstić information content (AvgIpc) is 3.63. The third-order valence-electron chi connectivity index (χ3n) is 8.42. The first-order valence-corrected chi connectivity index (χ1v) is 15.8. The average molecular weight is 642 g/mol. The molecule has 0 saturated carbocycles. The molecule has 1 atom stereocenters. The third-order valence-corrected chi connectivity index (χ3v) is 9.26. The normalized spacial score (nSPS) is 21.1. The number of anilines is 2. The second-order valence-corrected chi connectivity index (χ2v) is 12.4. The molecule has 2 saturated heterocycles. The van der Waals surface area contributed by atoms with Crippen molar-refractivity contribution in [3.8, 4) is 17.6 Å². The van der Waals surface area contributed by atoms with Gasteiger partial charge in [0.25, 0.3) is 5.91 Å². The first-order valence-electron chi connectivity index (χ1n) is 14.9. The molecular weight excluding hydrogens is 607 g/mol. The SMILES string of the molecule is COc1cc2ccc1NCC#Cc1cc3c(nccn3c1SC(F)(F)F)NC1CCN(CC1)C(=O)N1CC[C@@H](CCNC2=O)C1. The Balaban J connectivity index is 1.31. The Morgan fingerprint density at radius 1 is 1.04 bits per heavy atom. The Kier molecular flexibility index (Phi) is 8.89. The quantitative estimate of drug-likeness (QED) is 0.271. The molecule has 6 aliphatic rings. The Bertz CT molecular complexity index is 1640. The highest BCUT2D eigenvalue weighted by Crippen LogP contribution is 2.40. The molecule has 0 aliphatic carbocycles. The molecule has 2 fully saturated rings. The van der Waals surface area contributed by atoms with Crippen molar-refractivity contribution in [2.75, 3.05) is 57.0 Å². The molecular formula is C31H34F3N7O3S. The van der Waals surface area contributed by atoms with Crippen molar-refractivity contribution in [3.63, 3.8) is 0 Å². The highest BCUT2D eigenvalue weighted by Gasteiger charge is 2.34. The van der Waals surface area contributed by atoms with Crippen LogP contribution in [0, 0.1) is 17.8 Å². The first kappa shape index (κ1) is 30.8. The molecule has 0 unspecified atom stereocenters. The van der Waals surface area contributed by atoms with E-state index in [4.69, 9.17) is 4.74 Å². The van der Waals surface area contributed by atoms with Gasteiger partial charge in [-0.15, -0.1) is 0 Å². The smallest absolute Gasteiger partial charge is 0.447 e. The lowest BCUT2D eigenvalue weighted by atomic mass is 10.0. The molecule has 8 bridgehead atoms. The zero-order valence-electron chi connectivity index (χ0n) is 24.7. The fourth-order valence-electron chi connectivity index (χ4n) is 6.09.